The van der Waals surface area contributed by atoms with E-state index in [2.05, 4.69) is 0 Å². The predicted molar refractivity (Wildman–Crippen MR) is 125 cm³/mol. The number of carbonyl (C=O) groups excluding carboxylic acids is 3. The number of alkyl halides is 3. The lowest BCUT2D eigenvalue weighted by Gasteiger charge is -2.36. The zero-order valence-electron chi connectivity index (χ0n) is 19.3. The van der Waals surface area contributed by atoms with E-state index in [-0.39, 0.29) is 17.7 Å². The van der Waals surface area contributed by atoms with Gasteiger partial charge in [0.15, 0.2) is 0 Å². The minimum absolute atomic E-state index is 0.0182. The van der Waals surface area contributed by atoms with Crippen molar-refractivity contribution in [1.82, 2.24) is 4.90 Å². The van der Waals surface area contributed by atoms with Gasteiger partial charge in [-0.05, 0) is 53.8 Å². The molecule has 186 valence electrons. The number of ether oxygens (including phenoxy) is 1. The van der Waals surface area contributed by atoms with E-state index in [1.807, 2.05) is 0 Å². The molecule has 0 aromatic heterocycles. The van der Waals surface area contributed by atoms with Crippen LogP contribution in [-0.2, 0) is 22.2 Å². The van der Waals surface area contributed by atoms with Crippen molar-refractivity contribution in [1.29, 1.82) is 0 Å². The maximum absolute atomic E-state index is 14.0. The number of halogens is 3. The number of rotatable bonds is 6. The molecule has 9 heteroatoms. The first-order valence-corrected chi connectivity index (χ1v) is 11.2. The molecule has 0 bridgehead atoms. The van der Waals surface area contributed by atoms with Gasteiger partial charge >= 0.3 is 12.1 Å². The highest BCUT2D eigenvalue weighted by molar-refractivity contribution is 6.00. The highest BCUT2D eigenvalue weighted by Crippen LogP contribution is 2.44. The topological polar surface area (TPSA) is 89.7 Å². The Kier molecular flexibility index (Phi) is 6.83. The van der Waals surface area contributed by atoms with Crippen LogP contribution in [0.3, 0.4) is 0 Å². The minimum Gasteiger partial charge on any atom is -0.426 e. The van der Waals surface area contributed by atoms with Crippen molar-refractivity contribution in [2.45, 2.75) is 38.0 Å². The van der Waals surface area contributed by atoms with Crippen LogP contribution < -0.4 is 10.5 Å². The van der Waals surface area contributed by atoms with Gasteiger partial charge < -0.3 is 15.4 Å². The molecule has 3 aromatic rings. The first-order valence-electron chi connectivity index (χ1n) is 11.2. The van der Waals surface area contributed by atoms with E-state index in [1.165, 1.54) is 30.0 Å². The Labute approximate surface area is 205 Å². The highest BCUT2D eigenvalue weighted by atomic mass is 19.4. The number of benzene rings is 3. The van der Waals surface area contributed by atoms with Gasteiger partial charge in [-0.2, -0.15) is 13.2 Å². The lowest BCUT2D eigenvalue weighted by atomic mass is 9.97. The number of para-hydroxylation sites is 1. The molecular formula is C27H23F3N2O4. The lowest BCUT2D eigenvalue weighted by Crippen LogP contribution is -2.43. The van der Waals surface area contributed by atoms with Crippen molar-refractivity contribution in [3.8, 4) is 5.75 Å². The van der Waals surface area contributed by atoms with Crippen LogP contribution in [0, 0.1) is 0 Å². The van der Waals surface area contributed by atoms with Crippen LogP contribution in [-0.4, -0.2) is 22.7 Å². The van der Waals surface area contributed by atoms with Crippen molar-refractivity contribution in [3.63, 3.8) is 0 Å². The molecular weight excluding hydrogens is 473 g/mol. The predicted octanol–water partition coefficient (Wildman–Crippen LogP) is 4.99. The van der Waals surface area contributed by atoms with Crippen LogP contribution in [0.5, 0.6) is 5.75 Å². The van der Waals surface area contributed by atoms with Crippen molar-refractivity contribution >= 4 is 17.8 Å². The molecule has 36 heavy (non-hydrogen) atoms. The summed E-state index contributed by atoms with van der Waals surface area (Å²) < 4.78 is 45.8. The molecule has 0 unspecified atom stereocenters. The molecule has 0 heterocycles. The number of hydrogen-bond acceptors (Lipinski definition) is 4. The summed E-state index contributed by atoms with van der Waals surface area (Å²) in [5, 5.41) is 0. The number of nitrogens with zero attached hydrogens (tertiary/aromatic N) is 1. The van der Waals surface area contributed by atoms with Crippen LogP contribution in [0.2, 0.25) is 0 Å². The van der Waals surface area contributed by atoms with Crippen LogP contribution in [0.4, 0.5) is 13.2 Å². The van der Waals surface area contributed by atoms with Gasteiger partial charge in [-0.1, -0.05) is 48.5 Å². The summed E-state index contributed by atoms with van der Waals surface area (Å²) in [6.07, 6.45) is -3.88. The van der Waals surface area contributed by atoms with Crippen molar-refractivity contribution < 1.29 is 32.3 Å². The first kappa shape index (κ1) is 25.0. The summed E-state index contributed by atoms with van der Waals surface area (Å²) in [4.78, 5) is 39.7. The summed E-state index contributed by atoms with van der Waals surface area (Å²) in [5.41, 5.74) is 6.28. The second kappa shape index (κ2) is 9.85. The third kappa shape index (κ3) is 4.95. The van der Waals surface area contributed by atoms with Gasteiger partial charge in [-0.15, -0.1) is 0 Å². The molecule has 2 N–H and O–H groups in total. The van der Waals surface area contributed by atoms with Crippen molar-refractivity contribution in [2.75, 3.05) is 0 Å². The van der Waals surface area contributed by atoms with Gasteiger partial charge in [0.25, 0.3) is 5.91 Å². The Morgan fingerprint density at radius 1 is 1.00 bits per heavy atom. The van der Waals surface area contributed by atoms with Crippen molar-refractivity contribution in [3.05, 3.63) is 101 Å². The molecule has 0 radical (unpaired) electrons. The summed E-state index contributed by atoms with van der Waals surface area (Å²) in [6.45, 7) is 1.18. The second-order valence-corrected chi connectivity index (χ2v) is 8.48. The summed E-state index contributed by atoms with van der Waals surface area (Å²) >= 11 is 0. The van der Waals surface area contributed by atoms with E-state index < -0.39 is 41.6 Å². The summed E-state index contributed by atoms with van der Waals surface area (Å²) in [5.74, 6) is -2.23. The third-order valence-electron chi connectivity index (χ3n) is 6.12. The molecule has 0 saturated heterocycles. The molecule has 3 aromatic carbocycles. The SMILES string of the molecule is CC(=O)Oc1ccccc1C(=O)N([C@@H]1CCc2ccc(C(F)(F)F)cc21)[C@@H](C(N)=O)c1ccccc1. The number of fused-ring (bicyclic) bond motifs is 1. The average molecular weight is 496 g/mol. The number of aryl methyl sites for hydroxylation is 1. The molecule has 0 aliphatic heterocycles. The van der Waals surface area contributed by atoms with Gasteiger partial charge in [0.05, 0.1) is 17.2 Å². The van der Waals surface area contributed by atoms with Crippen molar-refractivity contribution in [2.24, 2.45) is 5.73 Å². The molecule has 0 saturated carbocycles. The monoisotopic (exact) mass is 496 g/mol. The molecule has 2 amide bonds. The zero-order valence-corrected chi connectivity index (χ0v) is 19.3. The number of nitrogens with two attached hydrogens (primary N) is 1. The van der Waals surface area contributed by atoms with E-state index >= 15 is 0 Å². The number of amides is 2. The zero-order chi connectivity index (χ0) is 26.0. The molecule has 0 spiro atoms. The van der Waals surface area contributed by atoms with E-state index in [9.17, 15) is 27.6 Å². The van der Waals surface area contributed by atoms with Gasteiger partial charge in [-0.25, -0.2) is 0 Å². The Morgan fingerprint density at radius 3 is 2.31 bits per heavy atom. The minimum atomic E-state index is -4.58. The number of carbonyl (C=O) groups is 3. The van der Waals surface area contributed by atoms with Gasteiger partial charge in [0.1, 0.15) is 11.8 Å². The summed E-state index contributed by atoms with van der Waals surface area (Å²) in [7, 11) is 0. The Bertz CT molecular complexity index is 1310. The average Bonchev–Trinajstić information content (AvgIpc) is 3.24. The molecule has 1 aliphatic carbocycles. The Hall–Kier alpha value is -4.14. The Balaban J connectivity index is 1.90. The smallest absolute Gasteiger partial charge is 0.416 e. The van der Waals surface area contributed by atoms with Crippen LogP contribution in [0.15, 0.2) is 72.8 Å². The van der Waals surface area contributed by atoms with E-state index in [0.717, 1.165) is 12.1 Å². The largest absolute Gasteiger partial charge is 0.426 e. The summed E-state index contributed by atoms with van der Waals surface area (Å²) in [6, 6.07) is 15.6. The van der Waals surface area contributed by atoms with E-state index in [1.54, 1.807) is 42.5 Å². The van der Waals surface area contributed by atoms with Crippen LogP contribution in [0.1, 0.15) is 58.0 Å². The fourth-order valence-corrected chi connectivity index (χ4v) is 4.61. The molecule has 1 aliphatic rings. The van der Waals surface area contributed by atoms with E-state index in [0.29, 0.717) is 23.1 Å². The molecule has 2 atom stereocenters. The third-order valence-corrected chi connectivity index (χ3v) is 6.12. The lowest BCUT2D eigenvalue weighted by molar-refractivity contribution is -0.137. The van der Waals surface area contributed by atoms with E-state index in [4.69, 9.17) is 10.5 Å². The molecule has 6 nitrogen and oxygen atoms in total. The van der Waals surface area contributed by atoms with Crippen LogP contribution in [0.25, 0.3) is 0 Å². The quantitative estimate of drug-likeness (QED) is 0.385. The molecule has 4 rings (SSSR count). The fourth-order valence-electron chi connectivity index (χ4n) is 4.61. The second-order valence-electron chi connectivity index (χ2n) is 8.48. The normalized spacial score (nSPS) is 15.6. The molecule has 0 fully saturated rings. The number of primary amides is 1. The van der Waals surface area contributed by atoms with Crippen LogP contribution >= 0.6 is 0 Å². The Morgan fingerprint density at radius 2 is 1.67 bits per heavy atom. The standard InChI is InChI=1S/C27H23F3N2O4/c1-16(33)36-23-10-6-5-9-20(23)26(35)32(24(25(31)34)18-7-3-2-4-8-18)22-14-12-17-11-13-19(15-21(17)22)27(28,29)30/h2-11,13,15,22,24H,12,14H2,1H3,(H2,31,34)/t22-,24-/m1/s1. The number of hydrogen-bond donors (Lipinski definition) is 1. The number of esters is 1. The maximum Gasteiger partial charge on any atom is 0.416 e. The van der Waals surface area contributed by atoms with Gasteiger partial charge in [0, 0.05) is 6.92 Å². The highest BCUT2D eigenvalue weighted by Gasteiger charge is 2.41. The van der Waals surface area contributed by atoms with Gasteiger partial charge in [-0.3, -0.25) is 14.4 Å². The first-order chi connectivity index (χ1) is 17.1. The van der Waals surface area contributed by atoms with Gasteiger partial charge in [0.2, 0.25) is 5.91 Å². The maximum atomic E-state index is 14.0. The fraction of sp³-hybridized carbons (Fsp3) is 0.222.